The Morgan fingerprint density at radius 1 is 1.45 bits per heavy atom. The highest BCUT2D eigenvalue weighted by atomic mass is 32.1. The van der Waals surface area contributed by atoms with Gasteiger partial charge in [0.05, 0.1) is 16.7 Å². The second kappa shape index (κ2) is 7.53. The van der Waals surface area contributed by atoms with Crippen molar-refractivity contribution in [1.29, 1.82) is 0 Å². The Morgan fingerprint density at radius 2 is 2.27 bits per heavy atom. The second-order valence-corrected chi connectivity index (χ2v) is 7.53. The van der Waals surface area contributed by atoms with Crippen LogP contribution in [0.3, 0.4) is 0 Å². The average molecular weight is 322 g/mol. The molecule has 1 amide bonds. The normalized spacial score (nSPS) is 23.8. The van der Waals surface area contributed by atoms with Gasteiger partial charge in [0.15, 0.2) is 0 Å². The van der Waals surface area contributed by atoms with Crippen molar-refractivity contribution in [2.45, 2.75) is 45.2 Å². The van der Waals surface area contributed by atoms with Crippen LogP contribution in [0.4, 0.5) is 0 Å². The van der Waals surface area contributed by atoms with Crippen molar-refractivity contribution in [1.82, 2.24) is 20.5 Å². The minimum Gasteiger partial charge on any atom is -0.354 e. The Kier molecular flexibility index (Phi) is 5.44. The fourth-order valence-corrected chi connectivity index (χ4v) is 3.94. The molecule has 0 aromatic carbocycles. The van der Waals surface area contributed by atoms with E-state index in [0.29, 0.717) is 5.92 Å². The molecular formula is C16H26N4OS. The van der Waals surface area contributed by atoms with Crippen LogP contribution in [0.1, 0.15) is 36.4 Å². The first-order valence-electron chi connectivity index (χ1n) is 8.35. The summed E-state index contributed by atoms with van der Waals surface area (Å²) in [7, 11) is 0. The van der Waals surface area contributed by atoms with E-state index in [1.807, 2.05) is 0 Å². The first kappa shape index (κ1) is 15.9. The first-order valence-corrected chi connectivity index (χ1v) is 9.23. The average Bonchev–Trinajstić information content (AvgIpc) is 3.18. The zero-order chi connectivity index (χ0) is 15.4. The molecule has 0 radical (unpaired) electrons. The van der Waals surface area contributed by atoms with E-state index >= 15 is 0 Å². The Morgan fingerprint density at radius 3 is 2.91 bits per heavy atom. The van der Waals surface area contributed by atoms with Gasteiger partial charge in [-0.15, -0.1) is 11.3 Å². The molecule has 6 heteroatoms. The number of amides is 1. The summed E-state index contributed by atoms with van der Waals surface area (Å²) in [6.45, 7) is 7.06. The van der Waals surface area contributed by atoms with Gasteiger partial charge >= 0.3 is 0 Å². The number of nitrogens with one attached hydrogen (secondary N) is 2. The highest BCUT2D eigenvalue weighted by Gasteiger charge is 2.24. The molecule has 1 aromatic heterocycles. The predicted molar refractivity (Wildman–Crippen MR) is 88.9 cm³/mol. The number of hydrogen-bond acceptors (Lipinski definition) is 5. The van der Waals surface area contributed by atoms with Gasteiger partial charge in [-0.2, -0.15) is 0 Å². The molecule has 0 aliphatic carbocycles. The molecular weight excluding hydrogens is 296 g/mol. The van der Waals surface area contributed by atoms with Crippen LogP contribution in [0.25, 0.3) is 0 Å². The molecule has 0 spiro atoms. The van der Waals surface area contributed by atoms with Crippen LogP contribution in [-0.2, 0) is 11.3 Å². The van der Waals surface area contributed by atoms with Crippen LogP contribution in [0.5, 0.6) is 0 Å². The molecule has 1 atom stereocenters. The highest BCUT2D eigenvalue weighted by Crippen LogP contribution is 2.19. The standard InChI is InChI=1S/C16H26N4OS/c1-12-19-14(11-22-12)10-20-7-4-13(5-8-20)9-18-16(21)15-3-2-6-17-15/h11,13,15,17H,2-10H2,1H3,(H,18,21)/t15-/m1/s1. The van der Waals surface area contributed by atoms with E-state index in [2.05, 4.69) is 32.8 Å². The van der Waals surface area contributed by atoms with Gasteiger partial charge in [-0.3, -0.25) is 9.69 Å². The summed E-state index contributed by atoms with van der Waals surface area (Å²) in [4.78, 5) is 19.0. The molecule has 2 aliphatic rings. The third kappa shape index (κ3) is 4.27. The van der Waals surface area contributed by atoms with E-state index < -0.39 is 0 Å². The van der Waals surface area contributed by atoms with Gasteiger partial charge in [0, 0.05) is 18.5 Å². The molecule has 2 aliphatic heterocycles. The Bertz CT molecular complexity index is 490. The summed E-state index contributed by atoms with van der Waals surface area (Å²) in [6, 6.07) is 0.0491. The summed E-state index contributed by atoms with van der Waals surface area (Å²) < 4.78 is 0. The van der Waals surface area contributed by atoms with Crippen LogP contribution < -0.4 is 10.6 Å². The number of carbonyl (C=O) groups is 1. The maximum atomic E-state index is 12.0. The van der Waals surface area contributed by atoms with Gasteiger partial charge in [0.1, 0.15) is 0 Å². The Balaban J connectivity index is 1.35. The number of carbonyl (C=O) groups excluding carboxylic acids is 1. The van der Waals surface area contributed by atoms with Crippen LogP contribution in [0, 0.1) is 12.8 Å². The number of piperidine rings is 1. The van der Waals surface area contributed by atoms with Gasteiger partial charge in [-0.25, -0.2) is 4.98 Å². The molecule has 0 bridgehead atoms. The molecule has 2 N–H and O–H groups in total. The quantitative estimate of drug-likeness (QED) is 0.863. The van der Waals surface area contributed by atoms with Crippen molar-refractivity contribution < 1.29 is 4.79 Å². The predicted octanol–water partition coefficient (Wildman–Crippen LogP) is 1.53. The van der Waals surface area contributed by atoms with Gasteiger partial charge in [0.2, 0.25) is 5.91 Å². The third-order valence-corrected chi connectivity index (χ3v) is 5.52. The number of likely N-dealkylation sites (tertiary alicyclic amines) is 1. The lowest BCUT2D eigenvalue weighted by molar-refractivity contribution is -0.123. The Labute approximate surface area is 136 Å². The molecule has 2 fully saturated rings. The van der Waals surface area contributed by atoms with Crippen LogP contribution >= 0.6 is 11.3 Å². The third-order valence-electron chi connectivity index (χ3n) is 4.70. The first-order chi connectivity index (χ1) is 10.7. The van der Waals surface area contributed by atoms with Crippen LogP contribution in [0.15, 0.2) is 5.38 Å². The number of thiazole rings is 1. The number of rotatable bonds is 5. The maximum absolute atomic E-state index is 12.0. The topological polar surface area (TPSA) is 57.3 Å². The molecule has 1 aromatic rings. The lowest BCUT2D eigenvalue weighted by Gasteiger charge is -2.31. The minimum atomic E-state index is 0.0491. The van der Waals surface area contributed by atoms with Gasteiger partial charge in [-0.05, 0) is 58.2 Å². The van der Waals surface area contributed by atoms with E-state index in [4.69, 9.17) is 0 Å². The minimum absolute atomic E-state index is 0.0491. The van der Waals surface area contributed by atoms with Crippen molar-refractivity contribution in [3.8, 4) is 0 Å². The lowest BCUT2D eigenvalue weighted by atomic mass is 9.96. The summed E-state index contributed by atoms with van der Waals surface area (Å²) >= 11 is 1.73. The fourth-order valence-electron chi connectivity index (χ4n) is 3.34. The van der Waals surface area contributed by atoms with Gasteiger partial charge in [-0.1, -0.05) is 0 Å². The van der Waals surface area contributed by atoms with Crippen molar-refractivity contribution in [2.24, 2.45) is 5.92 Å². The SMILES string of the molecule is Cc1nc(CN2CCC(CNC(=O)[C@H]3CCCN3)CC2)cs1. The van der Waals surface area contributed by atoms with Crippen LogP contribution in [0.2, 0.25) is 0 Å². The fraction of sp³-hybridized carbons (Fsp3) is 0.750. The molecule has 3 rings (SSSR count). The Hall–Kier alpha value is -0.980. The number of hydrogen-bond donors (Lipinski definition) is 2. The van der Waals surface area contributed by atoms with E-state index in [1.165, 1.54) is 18.5 Å². The lowest BCUT2D eigenvalue weighted by Crippen LogP contribution is -2.44. The van der Waals surface area contributed by atoms with E-state index in [0.717, 1.165) is 50.6 Å². The maximum Gasteiger partial charge on any atom is 0.237 e. The molecule has 22 heavy (non-hydrogen) atoms. The molecule has 2 saturated heterocycles. The summed E-state index contributed by atoms with van der Waals surface area (Å²) in [5.74, 6) is 0.816. The van der Waals surface area contributed by atoms with E-state index in [1.54, 1.807) is 11.3 Å². The summed E-state index contributed by atoms with van der Waals surface area (Å²) in [5, 5.41) is 9.70. The highest BCUT2D eigenvalue weighted by molar-refractivity contribution is 7.09. The van der Waals surface area contributed by atoms with Crippen LogP contribution in [-0.4, -0.2) is 48.0 Å². The zero-order valence-corrected chi connectivity index (χ0v) is 14.1. The smallest absolute Gasteiger partial charge is 0.237 e. The van der Waals surface area contributed by atoms with E-state index in [-0.39, 0.29) is 11.9 Å². The van der Waals surface area contributed by atoms with Gasteiger partial charge < -0.3 is 10.6 Å². The molecule has 0 saturated carbocycles. The molecule has 3 heterocycles. The van der Waals surface area contributed by atoms with Crippen molar-refractivity contribution in [3.63, 3.8) is 0 Å². The molecule has 0 unspecified atom stereocenters. The molecule has 5 nitrogen and oxygen atoms in total. The number of aryl methyl sites for hydroxylation is 1. The van der Waals surface area contributed by atoms with Crippen molar-refractivity contribution in [2.75, 3.05) is 26.2 Å². The largest absolute Gasteiger partial charge is 0.354 e. The van der Waals surface area contributed by atoms with E-state index in [9.17, 15) is 4.79 Å². The number of aromatic nitrogens is 1. The molecule has 122 valence electrons. The van der Waals surface area contributed by atoms with Crippen molar-refractivity contribution >= 4 is 17.2 Å². The van der Waals surface area contributed by atoms with Crippen molar-refractivity contribution in [3.05, 3.63) is 16.1 Å². The van der Waals surface area contributed by atoms with Gasteiger partial charge in [0.25, 0.3) is 0 Å². The summed E-state index contributed by atoms with van der Waals surface area (Å²) in [5.41, 5.74) is 1.20. The number of nitrogens with zero attached hydrogens (tertiary/aromatic N) is 2. The monoisotopic (exact) mass is 322 g/mol. The second-order valence-electron chi connectivity index (χ2n) is 6.47. The zero-order valence-electron chi connectivity index (χ0n) is 13.3. The summed E-state index contributed by atoms with van der Waals surface area (Å²) in [6.07, 6.45) is 4.44.